The van der Waals surface area contributed by atoms with Gasteiger partial charge in [-0.05, 0) is 92.0 Å². The number of hydrogen-bond donors (Lipinski definition) is 0. The quantitative estimate of drug-likeness (QED) is 0.243. The van der Waals surface area contributed by atoms with Crippen LogP contribution in [0.5, 0.6) is 5.75 Å². The van der Waals surface area contributed by atoms with Crippen LogP contribution in [0.4, 0.5) is 24.8 Å². The fraction of sp³-hybridized carbons (Fsp3) is 0.364. The average Bonchev–Trinajstić information content (AvgIpc) is 3.37. The van der Waals surface area contributed by atoms with E-state index in [1.165, 1.54) is 11.0 Å². The van der Waals surface area contributed by atoms with Crippen molar-refractivity contribution in [3.8, 4) is 34.3 Å². The van der Waals surface area contributed by atoms with Crippen LogP contribution in [0.25, 0.3) is 22.5 Å². The van der Waals surface area contributed by atoms with Gasteiger partial charge in [0.2, 0.25) is 0 Å². The molecule has 2 fully saturated rings. The Morgan fingerprint density at radius 1 is 1.04 bits per heavy atom. The number of nitrogens with zero attached hydrogens (tertiary/aromatic N) is 8. The zero-order valence-corrected chi connectivity index (χ0v) is 25.4. The summed E-state index contributed by atoms with van der Waals surface area (Å²) in [6, 6.07) is 13.5. The van der Waals surface area contributed by atoms with Gasteiger partial charge in [-0.25, -0.2) is 4.98 Å². The molecule has 0 saturated carbocycles. The van der Waals surface area contributed by atoms with Gasteiger partial charge in [-0.1, -0.05) is 0 Å². The van der Waals surface area contributed by atoms with Crippen LogP contribution in [-0.2, 0) is 19.8 Å². The van der Waals surface area contributed by atoms with Crippen molar-refractivity contribution in [1.29, 1.82) is 5.26 Å². The molecule has 4 aromatic rings. The number of alkyl halides is 3. The minimum atomic E-state index is -4.69. The number of fused-ring (bicyclic) bond motifs is 1. The number of nitriles is 1. The number of benzene rings is 2. The monoisotopic (exact) mass is 628 g/mol. The Hall–Kier alpha value is -4.96. The second kappa shape index (κ2) is 11.4. The summed E-state index contributed by atoms with van der Waals surface area (Å²) in [5, 5.41) is 17.9. The molecule has 3 aliphatic heterocycles. The first-order valence-electron chi connectivity index (χ1n) is 15.2. The highest BCUT2D eigenvalue weighted by Crippen LogP contribution is 2.43. The first kappa shape index (κ1) is 29.7. The number of hydrogen-bond acceptors (Lipinski definition) is 8. The zero-order chi connectivity index (χ0) is 32.2. The van der Waals surface area contributed by atoms with Gasteiger partial charge in [-0.15, -0.1) is 10.2 Å². The van der Waals surface area contributed by atoms with Crippen LogP contribution < -0.4 is 14.5 Å². The smallest absolute Gasteiger partial charge is 0.416 e. The molecule has 3 aliphatic rings. The van der Waals surface area contributed by atoms with Crippen LogP contribution >= 0.6 is 0 Å². The van der Waals surface area contributed by atoms with Crippen molar-refractivity contribution >= 4 is 17.5 Å². The van der Waals surface area contributed by atoms with Crippen molar-refractivity contribution in [1.82, 2.24) is 24.6 Å². The molecule has 0 bridgehead atoms. The van der Waals surface area contributed by atoms with Gasteiger partial charge in [0.25, 0.3) is 5.91 Å². The Morgan fingerprint density at radius 3 is 2.48 bits per heavy atom. The summed E-state index contributed by atoms with van der Waals surface area (Å²) in [6.07, 6.45) is -0.922. The van der Waals surface area contributed by atoms with Crippen LogP contribution in [0.1, 0.15) is 46.8 Å². The highest BCUT2D eigenvalue weighted by atomic mass is 19.4. The number of rotatable bonds is 8. The molecular formula is C33H31F3N8O2. The lowest BCUT2D eigenvalue weighted by atomic mass is 9.97. The molecule has 0 aliphatic carbocycles. The molecule has 13 heteroatoms. The molecule has 10 nitrogen and oxygen atoms in total. The van der Waals surface area contributed by atoms with Crippen molar-refractivity contribution in [3.63, 3.8) is 0 Å². The number of carbonyl (C=O) groups is 1. The van der Waals surface area contributed by atoms with Gasteiger partial charge in [0.15, 0.2) is 5.82 Å². The molecule has 7 rings (SSSR count). The van der Waals surface area contributed by atoms with Crippen molar-refractivity contribution < 1.29 is 22.7 Å². The lowest BCUT2D eigenvalue weighted by Gasteiger charge is -2.19. The molecule has 2 saturated heterocycles. The molecule has 0 radical (unpaired) electrons. The van der Waals surface area contributed by atoms with Crippen LogP contribution in [0, 0.1) is 11.3 Å². The molecule has 236 valence electrons. The van der Waals surface area contributed by atoms with Crippen molar-refractivity contribution in [2.45, 2.75) is 38.5 Å². The predicted octanol–water partition coefficient (Wildman–Crippen LogP) is 5.28. The molecule has 1 unspecified atom stereocenters. The second-order valence-corrected chi connectivity index (χ2v) is 12.0. The molecule has 0 spiro atoms. The largest absolute Gasteiger partial charge is 0.492 e. The van der Waals surface area contributed by atoms with E-state index in [9.17, 15) is 23.2 Å². The Kier molecular flexibility index (Phi) is 7.39. The first-order valence-corrected chi connectivity index (χ1v) is 15.2. The minimum Gasteiger partial charge on any atom is -0.492 e. The number of aryl methyl sites for hydroxylation is 1. The molecule has 2 aromatic carbocycles. The third-order valence-corrected chi connectivity index (χ3v) is 8.84. The molecule has 1 atom stereocenters. The summed E-state index contributed by atoms with van der Waals surface area (Å²) in [7, 11) is 1.81. The van der Waals surface area contributed by atoms with Crippen LogP contribution in [0.15, 0.2) is 48.8 Å². The first-order chi connectivity index (χ1) is 22.1. The molecular weight excluding hydrogens is 597 g/mol. The number of aromatic nitrogens is 4. The van der Waals surface area contributed by atoms with E-state index < -0.39 is 17.6 Å². The minimum absolute atomic E-state index is 0.0161. The van der Waals surface area contributed by atoms with E-state index in [0.717, 1.165) is 38.5 Å². The highest BCUT2D eigenvalue weighted by molar-refractivity contribution is 6.10. The summed E-state index contributed by atoms with van der Waals surface area (Å²) in [6.45, 7) is 5.21. The highest BCUT2D eigenvalue weighted by Gasteiger charge is 2.42. The average molecular weight is 629 g/mol. The van der Waals surface area contributed by atoms with E-state index in [1.807, 2.05) is 17.9 Å². The Labute approximate surface area is 263 Å². The van der Waals surface area contributed by atoms with Gasteiger partial charge in [-0.3, -0.25) is 14.6 Å². The van der Waals surface area contributed by atoms with Gasteiger partial charge >= 0.3 is 6.18 Å². The summed E-state index contributed by atoms with van der Waals surface area (Å²) in [4.78, 5) is 24.2. The number of ether oxygens (including phenoxy) is 1. The maximum Gasteiger partial charge on any atom is 0.416 e. The lowest BCUT2D eigenvalue weighted by molar-refractivity contribution is -0.138. The van der Waals surface area contributed by atoms with E-state index in [-0.39, 0.29) is 41.9 Å². The van der Waals surface area contributed by atoms with Gasteiger partial charge in [-0.2, -0.15) is 18.4 Å². The third kappa shape index (κ3) is 5.53. The molecule has 0 N–H and O–H groups in total. The molecule has 2 aromatic heterocycles. The summed E-state index contributed by atoms with van der Waals surface area (Å²) in [5.41, 5.74) is 1.36. The number of carbonyl (C=O) groups excluding carboxylic acids is 1. The topological polar surface area (TPSA) is 103 Å². The number of likely N-dealkylation sites (tertiary alicyclic amines) is 1. The van der Waals surface area contributed by atoms with Crippen molar-refractivity contribution in [3.05, 3.63) is 71.0 Å². The van der Waals surface area contributed by atoms with Crippen molar-refractivity contribution in [2.24, 2.45) is 7.05 Å². The number of halogens is 3. The summed E-state index contributed by atoms with van der Waals surface area (Å²) < 4.78 is 50.7. The van der Waals surface area contributed by atoms with E-state index in [4.69, 9.17) is 9.72 Å². The SMILES string of the molecule is CC1CN1c1cc(-c2cc(C#N)ccc2-c2nncn2C)cc(N2Cc3c(cc(OCCN4CCCC4)cc3C(F)(F)F)C2=O)n1. The normalized spacial score (nSPS) is 17.8. The third-order valence-electron chi connectivity index (χ3n) is 8.84. The van der Waals surface area contributed by atoms with Gasteiger partial charge in [0, 0.05) is 37.3 Å². The van der Waals surface area contributed by atoms with Crippen LogP contribution in [0.2, 0.25) is 0 Å². The maximum absolute atomic E-state index is 14.4. The number of anilines is 2. The van der Waals surface area contributed by atoms with E-state index >= 15 is 0 Å². The molecule has 1 amide bonds. The fourth-order valence-electron chi connectivity index (χ4n) is 6.28. The molecule has 46 heavy (non-hydrogen) atoms. The van der Waals surface area contributed by atoms with Crippen LogP contribution in [-0.4, -0.2) is 69.4 Å². The predicted molar refractivity (Wildman–Crippen MR) is 164 cm³/mol. The molecule has 5 heterocycles. The van der Waals surface area contributed by atoms with Crippen LogP contribution in [0.3, 0.4) is 0 Å². The van der Waals surface area contributed by atoms with E-state index in [0.29, 0.717) is 40.4 Å². The van der Waals surface area contributed by atoms with Gasteiger partial charge in [0.1, 0.15) is 30.3 Å². The van der Waals surface area contributed by atoms with E-state index in [1.54, 1.807) is 42.2 Å². The van der Waals surface area contributed by atoms with Gasteiger partial charge in [0.05, 0.1) is 23.7 Å². The number of amides is 1. The van der Waals surface area contributed by atoms with E-state index in [2.05, 4.69) is 21.2 Å². The Morgan fingerprint density at radius 2 is 1.80 bits per heavy atom. The number of pyridine rings is 1. The maximum atomic E-state index is 14.4. The lowest BCUT2D eigenvalue weighted by Crippen LogP contribution is -2.25. The fourth-order valence-corrected chi connectivity index (χ4v) is 6.28. The van der Waals surface area contributed by atoms with Gasteiger partial charge < -0.3 is 14.2 Å². The Balaban J connectivity index is 1.28. The second-order valence-electron chi connectivity index (χ2n) is 12.0. The van der Waals surface area contributed by atoms with Crippen molar-refractivity contribution in [2.75, 3.05) is 42.6 Å². The summed E-state index contributed by atoms with van der Waals surface area (Å²) in [5.74, 6) is 0.790. The standard InChI is InChI=1S/C33H31F3N8O2/c1-20-17-43(20)29-12-22(25-11-21(16-37)5-6-24(25)31-40-38-19-41(31)2)13-30(39-29)44-18-27-26(32(44)45)14-23(15-28(27)33(34,35)36)46-10-9-42-7-3-4-8-42/h5-6,11-15,19-20H,3-4,7-10,17-18H2,1-2H3. The Bertz CT molecular complexity index is 1880. The summed E-state index contributed by atoms with van der Waals surface area (Å²) >= 11 is 0. The zero-order valence-electron chi connectivity index (χ0n) is 25.4.